The van der Waals surface area contributed by atoms with E-state index in [1.165, 1.54) is 11.0 Å². The van der Waals surface area contributed by atoms with E-state index in [4.69, 9.17) is 0 Å². The van der Waals surface area contributed by atoms with Crippen molar-refractivity contribution in [3.05, 3.63) is 59.5 Å². The Morgan fingerprint density at radius 2 is 2.03 bits per heavy atom. The molecule has 154 valence electrons. The number of nitrogens with zero attached hydrogens (tertiary/aromatic N) is 3. The molecule has 1 atom stereocenters. The summed E-state index contributed by atoms with van der Waals surface area (Å²) in [4.78, 5) is 33.0. The van der Waals surface area contributed by atoms with Crippen molar-refractivity contribution in [2.45, 2.75) is 26.3 Å². The normalized spacial score (nSPS) is 17.0. The lowest BCUT2D eigenvalue weighted by atomic mass is 9.97. The van der Waals surface area contributed by atoms with E-state index in [1.54, 1.807) is 31.3 Å². The van der Waals surface area contributed by atoms with Crippen LogP contribution in [0.15, 0.2) is 42.5 Å². The number of pyridine rings is 1. The zero-order valence-corrected chi connectivity index (χ0v) is 16.9. The number of hydrogen-bond acceptors (Lipinski definition) is 4. The number of rotatable bonds is 6. The van der Waals surface area contributed by atoms with Crippen molar-refractivity contribution in [3.8, 4) is 0 Å². The van der Waals surface area contributed by atoms with Gasteiger partial charge in [-0.15, -0.1) is 0 Å². The lowest BCUT2D eigenvalue weighted by molar-refractivity contribution is -0.133. The first-order valence-electron chi connectivity index (χ1n) is 9.86. The minimum atomic E-state index is -0.313. The second-order valence-corrected chi connectivity index (χ2v) is 7.57. The first-order chi connectivity index (χ1) is 13.9. The van der Waals surface area contributed by atoms with Crippen LogP contribution in [0.1, 0.15) is 24.1 Å². The van der Waals surface area contributed by atoms with Gasteiger partial charge in [-0.25, -0.2) is 9.37 Å². The highest BCUT2D eigenvalue weighted by Crippen LogP contribution is 2.19. The molecule has 1 N–H and O–H groups in total. The Bertz CT molecular complexity index is 873. The quantitative estimate of drug-likeness (QED) is 0.813. The summed E-state index contributed by atoms with van der Waals surface area (Å²) < 4.78 is 13.8. The summed E-state index contributed by atoms with van der Waals surface area (Å²) in [5.41, 5.74) is 1.33. The number of likely N-dealkylation sites (tertiary alicyclic amines) is 1. The summed E-state index contributed by atoms with van der Waals surface area (Å²) in [6.07, 6.45) is 1.64. The molecule has 1 aliphatic rings. The molecule has 0 aliphatic carbocycles. The van der Waals surface area contributed by atoms with Crippen molar-refractivity contribution in [1.82, 2.24) is 14.8 Å². The van der Waals surface area contributed by atoms with E-state index in [-0.39, 0.29) is 36.6 Å². The molecule has 1 saturated heterocycles. The first kappa shape index (κ1) is 20.9. The average Bonchev–Trinajstić information content (AvgIpc) is 2.70. The maximum atomic E-state index is 13.8. The van der Waals surface area contributed by atoms with Gasteiger partial charge < -0.3 is 10.2 Å². The number of anilines is 1. The number of nitrogens with one attached hydrogen (secondary N) is 1. The highest BCUT2D eigenvalue weighted by molar-refractivity contribution is 5.92. The highest BCUT2D eigenvalue weighted by Gasteiger charge is 2.27. The molecule has 2 aromatic rings. The topological polar surface area (TPSA) is 65.5 Å². The molecule has 0 radical (unpaired) electrons. The minimum absolute atomic E-state index is 0.0695. The van der Waals surface area contributed by atoms with E-state index in [0.717, 1.165) is 25.1 Å². The number of halogens is 1. The summed E-state index contributed by atoms with van der Waals surface area (Å²) in [6, 6.07) is 12.0. The minimum Gasteiger partial charge on any atom is -0.340 e. The molecule has 29 heavy (non-hydrogen) atoms. The van der Waals surface area contributed by atoms with Crippen LogP contribution in [0.4, 0.5) is 10.2 Å². The van der Waals surface area contributed by atoms with Crippen LogP contribution in [0.5, 0.6) is 0 Å². The predicted octanol–water partition coefficient (Wildman–Crippen LogP) is 2.84. The number of piperidine rings is 1. The predicted molar refractivity (Wildman–Crippen MR) is 110 cm³/mol. The standard InChI is InChI=1S/C22H27FN4O2/c1-16-7-5-11-20(24-16)25-22(29)18-9-6-12-27(14-18)15-21(28)26(2)13-17-8-3-4-10-19(17)23/h3-5,7-8,10-11,18H,6,9,12-15H2,1-2H3,(H,24,25,29). The van der Waals surface area contributed by atoms with Crippen LogP contribution in [0, 0.1) is 18.7 Å². The number of carbonyl (C=O) groups is 2. The number of amides is 2. The van der Waals surface area contributed by atoms with Crippen LogP contribution in [-0.2, 0) is 16.1 Å². The van der Waals surface area contributed by atoms with Gasteiger partial charge in [0.2, 0.25) is 11.8 Å². The van der Waals surface area contributed by atoms with E-state index < -0.39 is 0 Å². The number of hydrogen-bond donors (Lipinski definition) is 1. The Labute approximate surface area is 170 Å². The number of aryl methyl sites for hydroxylation is 1. The maximum absolute atomic E-state index is 13.8. The molecule has 1 aromatic carbocycles. The second kappa shape index (κ2) is 9.60. The molecule has 1 unspecified atom stereocenters. The maximum Gasteiger partial charge on any atom is 0.236 e. The third-order valence-electron chi connectivity index (χ3n) is 5.17. The van der Waals surface area contributed by atoms with E-state index in [2.05, 4.69) is 10.3 Å². The van der Waals surface area contributed by atoms with Crippen molar-refractivity contribution in [1.29, 1.82) is 0 Å². The Hall–Kier alpha value is -2.80. The molecule has 3 rings (SSSR count). The summed E-state index contributed by atoms with van der Waals surface area (Å²) >= 11 is 0. The summed E-state index contributed by atoms with van der Waals surface area (Å²) in [5.74, 6) is -0.107. The fourth-order valence-corrected chi connectivity index (χ4v) is 3.54. The number of aromatic nitrogens is 1. The van der Waals surface area contributed by atoms with Crippen molar-refractivity contribution in [3.63, 3.8) is 0 Å². The molecule has 0 spiro atoms. The largest absolute Gasteiger partial charge is 0.340 e. The number of likely N-dealkylation sites (N-methyl/N-ethyl adjacent to an activating group) is 1. The molecule has 1 fully saturated rings. The zero-order chi connectivity index (χ0) is 20.8. The summed E-state index contributed by atoms with van der Waals surface area (Å²) in [5, 5.41) is 2.87. The van der Waals surface area contributed by atoms with Crippen LogP contribution in [0.25, 0.3) is 0 Å². The van der Waals surface area contributed by atoms with E-state index >= 15 is 0 Å². The van der Waals surface area contributed by atoms with Gasteiger partial charge in [0.15, 0.2) is 0 Å². The Morgan fingerprint density at radius 3 is 2.79 bits per heavy atom. The molecule has 2 amide bonds. The van der Waals surface area contributed by atoms with Crippen molar-refractivity contribution in [2.75, 3.05) is 32.0 Å². The molecule has 0 saturated carbocycles. The summed E-state index contributed by atoms with van der Waals surface area (Å²) in [7, 11) is 1.67. The third-order valence-corrected chi connectivity index (χ3v) is 5.17. The van der Waals surface area contributed by atoms with Gasteiger partial charge >= 0.3 is 0 Å². The van der Waals surface area contributed by atoms with Crippen LogP contribution in [0.2, 0.25) is 0 Å². The van der Waals surface area contributed by atoms with Crippen molar-refractivity contribution in [2.24, 2.45) is 5.92 Å². The zero-order valence-electron chi connectivity index (χ0n) is 16.9. The third kappa shape index (κ3) is 5.84. The van der Waals surface area contributed by atoms with Gasteiger partial charge in [-0.05, 0) is 44.5 Å². The SMILES string of the molecule is Cc1cccc(NC(=O)C2CCCN(CC(=O)N(C)Cc3ccccc3F)C2)n1. The second-order valence-electron chi connectivity index (χ2n) is 7.57. The Kier molecular flexibility index (Phi) is 6.93. The van der Waals surface area contributed by atoms with E-state index in [9.17, 15) is 14.0 Å². The van der Waals surface area contributed by atoms with Gasteiger partial charge in [-0.3, -0.25) is 14.5 Å². The van der Waals surface area contributed by atoms with Crippen molar-refractivity contribution < 1.29 is 14.0 Å². The Morgan fingerprint density at radius 1 is 1.24 bits per heavy atom. The monoisotopic (exact) mass is 398 g/mol. The van der Waals surface area contributed by atoms with Crippen LogP contribution < -0.4 is 5.32 Å². The van der Waals surface area contributed by atoms with Gasteiger partial charge in [-0.1, -0.05) is 24.3 Å². The lowest BCUT2D eigenvalue weighted by Gasteiger charge is -2.32. The van der Waals surface area contributed by atoms with Gasteiger partial charge in [0.25, 0.3) is 0 Å². The molecule has 0 bridgehead atoms. The highest BCUT2D eigenvalue weighted by atomic mass is 19.1. The molecule has 1 aromatic heterocycles. The fraction of sp³-hybridized carbons (Fsp3) is 0.409. The first-order valence-corrected chi connectivity index (χ1v) is 9.86. The number of benzene rings is 1. The molecular formula is C22H27FN4O2. The van der Waals surface area contributed by atoms with Crippen molar-refractivity contribution >= 4 is 17.6 Å². The van der Waals surface area contributed by atoms with Gasteiger partial charge in [-0.2, -0.15) is 0 Å². The van der Waals surface area contributed by atoms with Crippen LogP contribution >= 0.6 is 0 Å². The lowest BCUT2D eigenvalue weighted by Crippen LogP contribution is -2.45. The molecule has 7 heteroatoms. The molecular weight excluding hydrogens is 371 g/mol. The van der Waals surface area contributed by atoms with E-state index in [1.807, 2.05) is 24.0 Å². The summed E-state index contributed by atoms with van der Waals surface area (Å²) in [6.45, 7) is 3.61. The van der Waals surface area contributed by atoms with Gasteiger partial charge in [0.05, 0.1) is 12.5 Å². The molecule has 2 heterocycles. The molecule has 1 aliphatic heterocycles. The van der Waals surface area contributed by atoms with Crippen LogP contribution in [-0.4, -0.2) is 53.3 Å². The Balaban J connectivity index is 1.52. The average molecular weight is 398 g/mol. The van der Waals surface area contributed by atoms with Gasteiger partial charge in [0.1, 0.15) is 11.6 Å². The smallest absolute Gasteiger partial charge is 0.236 e. The van der Waals surface area contributed by atoms with Gasteiger partial charge in [0, 0.05) is 31.4 Å². The molecule has 6 nitrogen and oxygen atoms in total. The number of carbonyl (C=O) groups excluding carboxylic acids is 2. The van der Waals surface area contributed by atoms with Crippen LogP contribution in [0.3, 0.4) is 0 Å². The fourth-order valence-electron chi connectivity index (χ4n) is 3.54. The van der Waals surface area contributed by atoms with E-state index in [0.29, 0.717) is 17.9 Å².